The quantitative estimate of drug-likeness (QED) is 0.360. The minimum absolute atomic E-state index is 0.0188. The molecule has 30 heavy (non-hydrogen) atoms. The zero-order chi connectivity index (χ0) is 21.9. The standard InChI is InChI=1S/C20H14BrF3N2O3S/c1-29-17-11-13(19(27)28)6-7-15(17)25-8-2-4-12-10-16-14(21)5-3-9-26(16)18(12)30-20(22,23)24/h3,5-7,9-11,25H,8H2,1H3,(H,27,28). The summed E-state index contributed by atoms with van der Waals surface area (Å²) in [7, 11) is 1.41. The summed E-state index contributed by atoms with van der Waals surface area (Å²) >= 11 is 3.12. The molecule has 0 spiro atoms. The molecule has 0 atom stereocenters. The average molecular weight is 499 g/mol. The maximum absolute atomic E-state index is 13.0. The maximum Gasteiger partial charge on any atom is 0.447 e. The molecule has 0 saturated heterocycles. The fraction of sp³-hybridized carbons (Fsp3) is 0.150. The molecule has 3 aromatic rings. The van der Waals surface area contributed by atoms with Crippen molar-refractivity contribution >= 4 is 44.9 Å². The van der Waals surface area contributed by atoms with E-state index in [0.29, 0.717) is 21.4 Å². The van der Waals surface area contributed by atoms with E-state index in [2.05, 4.69) is 33.1 Å². The molecule has 0 aliphatic rings. The zero-order valence-electron chi connectivity index (χ0n) is 15.4. The highest BCUT2D eigenvalue weighted by Gasteiger charge is 2.32. The second kappa shape index (κ2) is 8.93. The minimum Gasteiger partial charge on any atom is -0.495 e. The first-order chi connectivity index (χ1) is 14.2. The largest absolute Gasteiger partial charge is 0.495 e. The van der Waals surface area contributed by atoms with E-state index in [9.17, 15) is 18.0 Å². The first-order valence-corrected chi connectivity index (χ1v) is 10.00. The third-order valence-electron chi connectivity index (χ3n) is 3.96. The fourth-order valence-corrected chi connectivity index (χ4v) is 3.85. The lowest BCUT2D eigenvalue weighted by atomic mass is 10.2. The molecule has 156 valence electrons. The van der Waals surface area contributed by atoms with Gasteiger partial charge in [0.1, 0.15) is 10.8 Å². The lowest BCUT2D eigenvalue weighted by Crippen LogP contribution is -2.04. The van der Waals surface area contributed by atoms with E-state index in [1.54, 1.807) is 30.5 Å². The zero-order valence-corrected chi connectivity index (χ0v) is 17.8. The van der Waals surface area contributed by atoms with Crippen LogP contribution in [0, 0.1) is 11.8 Å². The van der Waals surface area contributed by atoms with E-state index in [1.807, 2.05) is 0 Å². The number of ether oxygens (including phenoxy) is 1. The summed E-state index contributed by atoms with van der Waals surface area (Å²) < 4.78 is 46.4. The number of carbonyl (C=O) groups is 1. The van der Waals surface area contributed by atoms with E-state index in [4.69, 9.17) is 9.84 Å². The van der Waals surface area contributed by atoms with Gasteiger partial charge in [0.2, 0.25) is 0 Å². The van der Waals surface area contributed by atoms with Gasteiger partial charge in [-0.1, -0.05) is 11.8 Å². The molecule has 0 aliphatic carbocycles. The number of benzene rings is 1. The number of rotatable bonds is 5. The van der Waals surface area contributed by atoms with Crippen LogP contribution in [0.15, 0.2) is 52.1 Å². The van der Waals surface area contributed by atoms with Crippen molar-refractivity contribution in [3.63, 3.8) is 0 Å². The number of nitrogens with one attached hydrogen (secondary N) is 1. The molecule has 5 nitrogen and oxygen atoms in total. The highest BCUT2D eigenvalue weighted by molar-refractivity contribution is 9.10. The van der Waals surface area contributed by atoms with Crippen LogP contribution in [0.5, 0.6) is 5.75 Å². The predicted octanol–water partition coefficient (Wildman–Crippen LogP) is 5.48. The maximum atomic E-state index is 13.0. The van der Waals surface area contributed by atoms with Crippen LogP contribution in [0.1, 0.15) is 15.9 Å². The highest BCUT2D eigenvalue weighted by Crippen LogP contribution is 2.40. The highest BCUT2D eigenvalue weighted by atomic mass is 79.9. The van der Waals surface area contributed by atoms with Crippen LogP contribution >= 0.6 is 27.7 Å². The van der Waals surface area contributed by atoms with Crippen molar-refractivity contribution in [2.75, 3.05) is 19.0 Å². The summed E-state index contributed by atoms with van der Waals surface area (Å²) in [5.74, 6) is 4.82. The van der Waals surface area contributed by atoms with Crippen LogP contribution in [-0.4, -0.2) is 34.6 Å². The Morgan fingerprint density at radius 2 is 2.10 bits per heavy atom. The molecule has 0 aliphatic heterocycles. The number of carboxylic acid groups (broad SMARTS) is 1. The number of methoxy groups -OCH3 is 1. The molecule has 0 unspecified atom stereocenters. The van der Waals surface area contributed by atoms with Crippen LogP contribution in [0.4, 0.5) is 18.9 Å². The number of anilines is 1. The van der Waals surface area contributed by atoms with Crippen LogP contribution in [0.2, 0.25) is 0 Å². The number of aromatic nitrogens is 1. The molecule has 0 saturated carbocycles. The van der Waals surface area contributed by atoms with Gasteiger partial charge in [0.05, 0.1) is 36.0 Å². The molecule has 0 radical (unpaired) electrons. The van der Waals surface area contributed by atoms with E-state index in [1.165, 1.54) is 23.6 Å². The second-order valence-electron chi connectivity index (χ2n) is 5.90. The molecule has 2 aromatic heterocycles. The van der Waals surface area contributed by atoms with Gasteiger partial charge in [0.25, 0.3) is 0 Å². The van der Waals surface area contributed by atoms with Crippen molar-refractivity contribution < 1.29 is 27.8 Å². The van der Waals surface area contributed by atoms with Gasteiger partial charge in [-0.3, -0.25) is 0 Å². The molecule has 2 heterocycles. The predicted molar refractivity (Wildman–Crippen MR) is 112 cm³/mol. The summed E-state index contributed by atoms with van der Waals surface area (Å²) in [6.45, 7) is 0.117. The van der Waals surface area contributed by atoms with Crippen molar-refractivity contribution in [1.82, 2.24) is 4.40 Å². The fourth-order valence-electron chi connectivity index (χ4n) is 2.69. The first-order valence-electron chi connectivity index (χ1n) is 8.39. The van der Waals surface area contributed by atoms with E-state index in [-0.39, 0.29) is 34.5 Å². The molecule has 10 heteroatoms. The van der Waals surface area contributed by atoms with Gasteiger partial charge in [0.15, 0.2) is 0 Å². The molecule has 2 N–H and O–H groups in total. The lowest BCUT2D eigenvalue weighted by molar-refractivity contribution is -0.0329. The van der Waals surface area contributed by atoms with Crippen LogP contribution in [-0.2, 0) is 0 Å². The number of alkyl halides is 3. The van der Waals surface area contributed by atoms with Crippen molar-refractivity contribution in [3.8, 4) is 17.6 Å². The van der Waals surface area contributed by atoms with Crippen molar-refractivity contribution in [1.29, 1.82) is 0 Å². The number of thioether (sulfide) groups is 1. The molecule has 3 rings (SSSR count). The topological polar surface area (TPSA) is 63.0 Å². The summed E-state index contributed by atoms with van der Waals surface area (Å²) in [5.41, 5.74) is -3.04. The molecular weight excluding hydrogens is 485 g/mol. The van der Waals surface area contributed by atoms with Gasteiger partial charge in [-0.25, -0.2) is 4.79 Å². The summed E-state index contributed by atoms with van der Waals surface area (Å²) in [6.07, 6.45) is 1.55. The van der Waals surface area contributed by atoms with Gasteiger partial charge >= 0.3 is 11.5 Å². The van der Waals surface area contributed by atoms with Gasteiger partial charge in [-0.2, -0.15) is 13.2 Å². The van der Waals surface area contributed by atoms with Crippen molar-refractivity contribution in [3.05, 3.63) is 58.2 Å². The number of aromatic carboxylic acids is 1. The SMILES string of the molecule is COc1cc(C(=O)O)ccc1NCC#Cc1cc2c(Br)cccn2c1SC(F)(F)F. The Bertz CT molecular complexity index is 1170. The Morgan fingerprint density at radius 1 is 1.33 bits per heavy atom. The molecule has 1 aromatic carbocycles. The van der Waals surface area contributed by atoms with Gasteiger partial charge in [-0.05, 0) is 52.3 Å². The minimum atomic E-state index is -4.45. The Morgan fingerprint density at radius 3 is 2.77 bits per heavy atom. The molecule has 0 bridgehead atoms. The summed E-state index contributed by atoms with van der Waals surface area (Å²) in [5, 5.41) is 12.0. The van der Waals surface area contributed by atoms with Crippen molar-refractivity contribution in [2.24, 2.45) is 0 Å². The molecule has 0 fully saturated rings. The summed E-state index contributed by atoms with van der Waals surface area (Å²) in [6, 6.07) is 9.30. The van der Waals surface area contributed by atoms with Crippen molar-refractivity contribution in [2.45, 2.75) is 10.5 Å². The average Bonchev–Trinajstić information content (AvgIpc) is 3.02. The van der Waals surface area contributed by atoms with E-state index in [0.717, 1.165) is 0 Å². The second-order valence-corrected chi connectivity index (χ2v) is 7.81. The lowest BCUT2D eigenvalue weighted by Gasteiger charge is -2.09. The third-order valence-corrected chi connectivity index (χ3v) is 5.48. The number of fused-ring (bicyclic) bond motifs is 1. The number of hydrogen-bond donors (Lipinski definition) is 2. The number of halogens is 4. The summed E-state index contributed by atoms with van der Waals surface area (Å²) in [4.78, 5) is 11.0. The van der Waals surface area contributed by atoms with Crippen LogP contribution in [0.3, 0.4) is 0 Å². The smallest absolute Gasteiger partial charge is 0.447 e. The van der Waals surface area contributed by atoms with Crippen LogP contribution in [0.25, 0.3) is 5.52 Å². The number of nitrogens with zero attached hydrogens (tertiary/aromatic N) is 1. The first kappa shape index (κ1) is 21.9. The van der Waals surface area contributed by atoms with E-state index >= 15 is 0 Å². The Balaban J connectivity index is 1.85. The van der Waals surface area contributed by atoms with E-state index < -0.39 is 11.5 Å². The Kier molecular flexibility index (Phi) is 6.53. The normalized spacial score (nSPS) is 11.1. The Hall–Kier alpha value is -2.77. The number of hydrogen-bond acceptors (Lipinski definition) is 4. The Labute approximate surface area is 182 Å². The molecular formula is C20H14BrF3N2O3S. The van der Waals surface area contributed by atoms with Gasteiger partial charge in [0, 0.05) is 22.4 Å². The third kappa shape index (κ3) is 5.04. The number of pyridine rings is 1. The molecule has 0 amide bonds. The van der Waals surface area contributed by atoms with Gasteiger partial charge < -0.3 is 19.6 Å². The van der Waals surface area contributed by atoms with Crippen LogP contribution < -0.4 is 10.1 Å². The monoisotopic (exact) mass is 498 g/mol. The van der Waals surface area contributed by atoms with Gasteiger partial charge in [-0.15, -0.1) is 0 Å². The number of carboxylic acids is 1.